The summed E-state index contributed by atoms with van der Waals surface area (Å²) in [5.74, 6) is -0.790. The molecule has 1 N–H and O–H groups in total. The minimum absolute atomic E-state index is 0.142. The number of carboxylic acids is 1. The Bertz CT molecular complexity index is 291. The number of aromatic nitrogens is 2. The summed E-state index contributed by atoms with van der Waals surface area (Å²) in [6.07, 6.45) is 5.62. The fourth-order valence-electron chi connectivity index (χ4n) is 0.858. The molecule has 0 aliphatic rings. The first-order valence-corrected chi connectivity index (χ1v) is 3.60. The summed E-state index contributed by atoms with van der Waals surface area (Å²) in [6, 6.07) is 0. The minimum Gasteiger partial charge on any atom is -0.481 e. The Balaban J connectivity index is 2.52. The zero-order valence-electron chi connectivity index (χ0n) is 6.60. The van der Waals surface area contributed by atoms with Crippen LogP contribution in [0.25, 0.3) is 6.20 Å². The van der Waals surface area contributed by atoms with Crippen molar-refractivity contribution >= 4 is 12.2 Å². The first-order chi connectivity index (χ1) is 5.72. The molecule has 0 unspecified atom stereocenters. The molecule has 0 amide bonds. The van der Waals surface area contributed by atoms with Crippen LogP contribution in [-0.2, 0) is 11.2 Å². The number of rotatable bonds is 4. The molecule has 1 heterocycles. The van der Waals surface area contributed by atoms with Gasteiger partial charge in [-0.2, -0.15) is 5.10 Å². The number of nitrogens with zero attached hydrogens (tertiary/aromatic N) is 2. The van der Waals surface area contributed by atoms with Gasteiger partial charge in [0.25, 0.3) is 0 Å². The molecule has 12 heavy (non-hydrogen) atoms. The molecule has 0 radical (unpaired) electrons. The summed E-state index contributed by atoms with van der Waals surface area (Å²) in [5.41, 5.74) is 0.914. The van der Waals surface area contributed by atoms with E-state index in [0.29, 0.717) is 6.42 Å². The molecule has 1 aromatic rings. The maximum absolute atomic E-state index is 10.2. The van der Waals surface area contributed by atoms with Crippen molar-refractivity contribution in [3.63, 3.8) is 0 Å². The van der Waals surface area contributed by atoms with E-state index in [4.69, 9.17) is 5.11 Å². The van der Waals surface area contributed by atoms with Gasteiger partial charge in [0, 0.05) is 18.8 Å². The van der Waals surface area contributed by atoms with Gasteiger partial charge in [-0.1, -0.05) is 6.58 Å². The number of carboxylic acid groups (broad SMARTS) is 1. The summed E-state index contributed by atoms with van der Waals surface area (Å²) in [6.45, 7) is 3.52. The fraction of sp³-hybridized carbons (Fsp3) is 0.250. The van der Waals surface area contributed by atoms with E-state index in [1.165, 1.54) is 0 Å². The predicted molar refractivity (Wildman–Crippen MR) is 44.6 cm³/mol. The largest absolute Gasteiger partial charge is 0.481 e. The fourth-order valence-corrected chi connectivity index (χ4v) is 0.858. The standard InChI is InChI=1S/C8H10N2O2/c1-2-10-6-7(5-9-10)3-4-8(11)12/h2,5-6H,1,3-4H2,(H,11,12). The zero-order valence-corrected chi connectivity index (χ0v) is 6.60. The summed E-state index contributed by atoms with van der Waals surface area (Å²) in [4.78, 5) is 10.2. The summed E-state index contributed by atoms with van der Waals surface area (Å²) in [7, 11) is 0. The van der Waals surface area contributed by atoms with Crippen LogP contribution in [0.4, 0.5) is 0 Å². The van der Waals surface area contributed by atoms with Gasteiger partial charge in [-0.25, -0.2) is 4.68 Å². The van der Waals surface area contributed by atoms with Crippen molar-refractivity contribution in [2.24, 2.45) is 0 Å². The van der Waals surface area contributed by atoms with Gasteiger partial charge in [-0.15, -0.1) is 0 Å². The van der Waals surface area contributed by atoms with Crippen LogP contribution in [0, 0.1) is 0 Å². The van der Waals surface area contributed by atoms with Crippen molar-refractivity contribution in [2.45, 2.75) is 12.8 Å². The Kier molecular flexibility index (Phi) is 2.63. The molecular weight excluding hydrogens is 156 g/mol. The van der Waals surface area contributed by atoms with Crippen LogP contribution >= 0.6 is 0 Å². The Labute approximate surface area is 70.1 Å². The average molecular weight is 166 g/mol. The number of carbonyl (C=O) groups is 1. The molecule has 0 saturated heterocycles. The normalized spacial score (nSPS) is 9.67. The van der Waals surface area contributed by atoms with Gasteiger partial charge in [-0.3, -0.25) is 4.79 Å². The van der Waals surface area contributed by atoms with Crippen molar-refractivity contribution in [2.75, 3.05) is 0 Å². The number of aliphatic carboxylic acids is 1. The highest BCUT2D eigenvalue weighted by Gasteiger charge is 2.00. The molecule has 0 aliphatic heterocycles. The SMILES string of the molecule is C=Cn1cc(CCC(=O)O)cn1. The van der Waals surface area contributed by atoms with Crippen molar-refractivity contribution in [1.82, 2.24) is 9.78 Å². The second-order valence-corrected chi connectivity index (χ2v) is 2.40. The third-order valence-corrected chi connectivity index (χ3v) is 1.47. The molecule has 0 spiro atoms. The molecule has 4 nitrogen and oxygen atoms in total. The van der Waals surface area contributed by atoms with Crippen molar-refractivity contribution in [1.29, 1.82) is 0 Å². The van der Waals surface area contributed by atoms with E-state index in [0.717, 1.165) is 5.56 Å². The second kappa shape index (κ2) is 3.71. The first-order valence-electron chi connectivity index (χ1n) is 3.60. The predicted octanol–water partition coefficient (Wildman–Crippen LogP) is 1.00. The molecule has 0 saturated carbocycles. The van der Waals surface area contributed by atoms with E-state index < -0.39 is 5.97 Å². The number of hydrogen-bond acceptors (Lipinski definition) is 2. The van der Waals surface area contributed by atoms with Crippen LogP contribution in [0.2, 0.25) is 0 Å². The van der Waals surface area contributed by atoms with Crippen LogP contribution < -0.4 is 0 Å². The van der Waals surface area contributed by atoms with E-state index in [1.54, 1.807) is 23.3 Å². The highest BCUT2D eigenvalue weighted by atomic mass is 16.4. The topological polar surface area (TPSA) is 55.1 Å². The molecule has 1 aromatic heterocycles. The summed E-state index contributed by atoms with van der Waals surface area (Å²) < 4.78 is 1.55. The van der Waals surface area contributed by atoms with E-state index in [2.05, 4.69) is 11.7 Å². The number of hydrogen-bond donors (Lipinski definition) is 1. The molecule has 0 fully saturated rings. The molecule has 64 valence electrons. The summed E-state index contributed by atoms with van der Waals surface area (Å²) in [5, 5.41) is 12.3. The lowest BCUT2D eigenvalue weighted by Gasteiger charge is -1.90. The Hall–Kier alpha value is -1.58. The van der Waals surface area contributed by atoms with Gasteiger partial charge in [-0.05, 0) is 12.0 Å². The highest BCUT2D eigenvalue weighted by molar-refractivity contribution is 5.67. The zero-order chi connectivity index (χ0) is 8.97. The van der Waals surface area contributed by atoms with Gasteiger partial charge in [0.2, 0.25) is 0 Å². The van der Waals surface area contributed by atoms with Crippen LogP contribution in [0.1, 0.15) is 12.0 Å². The Morgan fingerprint density at radius 2 is 2.58 bits per heavy atom. The lowest BCUT2D eigenvalue weighted by Crippen LogP contribution is -1.96. The van der Waals surface area contributed by atoms with Crippen LogP contribution in [0.15, 0.2) is 19.0 Å². The van der Waals surface area contributed by atoms with Gasteiger partial charge >= 0.3 is 5.97 Å². The van der Waals surface area contributed by atoms with Crippen LogP contribution in [0.3, 0.4) is 0 Å². The lowest BCUT2D eigenvalue weighted by molar-refractivity contribution is -0.136. The lowest BCUT2D eigenvalue weighted by atomic mass is 10.2. The minimum atomic E-state index is -0.790. The second-order valence-electron chi connectivity index (χ2n) is 2.40. The molecule has 0 aromatic carbocycles. The first kappa shape index (κ1) is 8.52. The van der Waals surface area contributed by atoms with Gasteiger partial charge in [0.05, 0.1) is 6.20 Å². The van der Waals surface area contributed by atoms with Crippen molar-refractivity contribution < 1.29 is 9.90 Å². The van der Waals surface area contributed by atoms with Gasteiger partial charge < -0.3 is 5.11 Å². The average Bonchev–Trinajstić information content (AvgIpc) is 2.48. The maximum Gasteiger partial charge on any atom is 0.303 e. The highest BCUT2D eigenvalue weighted by Crippen LogP contribution is 2.01. The molecule has 1 rings (SSSR count). The van der Waals surface area contributed by atoms with Gasteiger partial charge in [0.1, 0.15) is 0 Å². The maximum atomic E-state index is 10.2. The quantitative estimate of drug-likeness (QED) is 0.726. The van der Waals surface area contributed by atoms with E-state index in [-0.39, 0.29) is 6.42 Å². The Morgan fingerprint density at radius 3 is 3.08 bits per heavy atom. The molecular formula is C8H10N2O2. The van der Waals surface area contributed by atoms with Gasteiger partial charge in [0.15, 0.2) is 0 Å². The van der Waals surface area contributed by atoms with Crippen LogP contribution in [0.5, 0.6) is 0 Å². The third-order valence-electron chi connectivity index (χ3n) is 1.47. The smallest absolute Gasteiger partial charge is 0.303 e. The van der Waals surface area contributed by atoms with Crippen molar-refractivity contribution in [3.05, 3.63) is 24.5 Å². The van der Waals surface area contributed by atoms with E-state index >= 15 is 0 Å². The Morgan fingerprint density at radius 1 is 1.83 bits per heavy atom. The third kappa shape index (κ3) is 2.23. The summed E-state index contributed by atoms with van der Waals surface area (Å²) >= 11 is 0. The van der Waals surface area contributed by atoms with E-state index in [9.17, 15) is 4.79 Å². The molecule has 4 heteroatoms. The molecule has 0 bridgehead atoms. The van der Waals surface area contributed by atoms with Crippen molar-refractivity contribution in [3.8, 4) is 0 Å². The molecule has 0 aliphatic carbocycles. The number of aryl methyl sites for hydroxylation is 1. The van der Waals surface area contributed by atoms with Crippen LogP contribution in [-0.4, -0.2) is 20.9 Å². The monoisotopic (exact) mass is 166 g/mol. The molecule has 0 atom stereocenters. The van der Waals surface area contributed by atoms with E-state index in [1.807, 2.05) is 0 Å².